The highest BCUT2D eigenvalue weighted by atomic mass is 32.1. The van der Waals surface area contributed by atoms with E-state index in [2.05, 4.69) is 10.3 Å². The molecule has 0 saturated carbocycles. The van der Waals surface area contributed by atoms with Crippen LogP contribution in [0.1, 0.15) is 35.5 Å². The number of aryl methyl sites for hydroxylation is 1. The maximum Gasteiger partial charge on any atom is 0.338 e. The Hall–Kier alpha value is -2.27. The van der Waals surface area contributed by atoms with Crippen LogP contribution in [0.25, 0.3) is 0 Å². The van der Waals surface area contributed by atoms with E-state index in [1.807, 2.05) is 32.9 Å². The van der Waals surface area contributed by atoms with E-state index in [4.69, 9.17) is 17.0 Å². The van der Waals surface area contributed by atoms with Gasteiger partial charge in [-0.05, 0) is 57.2 Å². The maximum atomic E-state index is 11.8. The number of anilines is 1. The molecule has 0 unspecified atom stereocenters. The summed E-state index contributed by atoms with van der Waals surface area (Å²) in [6, 6.07) is 10.8. The van der Waals surface area contributed by atoms with Gasteiger partial charge in [0.15, 0.2) is 0 Å². The van der Waals surface area contributed by atoms with Crippen molar-refractivity contribution in [3.05, 3.63) is 59.4 Å². The molecule has 0 fully saturated rings. The van der Waals surface area contributed by atoms with Crippen molar-refractivity contribution in [2.24, 2.45) is 0 Å². The molecule has 1 aromatic heterocycles. The summed E-state index contributed by atoms with van der Waals surface area (Å²) in [7, 11) is 0. The van der Waals surface area contributed by atoms with E-state index in [0.29, 0.717) is 10.6 Å². The maximum absolute atomic E-state index is 11.8. The van der Waals surface area contributed by atoms with Gasteiger partial charge in [0.1, 0.15) is 4.99 Å². The number of thiocarbonyl (C=S) groups is 1. The van der Waals surface area contributed by atoms with E-state index in [0.717, 1.165) is 16.9 Å². The normalized spacial score (nSPS) is 10.4. The summed E-state index contributed by atoms with van der Waals surface area (Å²) < 4.78 is 5.15. The fourth-order valence-electron chi connectivity index (χ4n) is 1.89. The summed E-state index contributed by atoms with van der Waals surface area (Å²) in [6.45, 7) is 5.55. The lowest BCUT2D eigenvalue weighted by atomic mass is 10.2. The molecule has 1 heterocycles. The molecule has 0 aliphatic heterocycles. The Balaban J connectivity index is 2.07. The van der Waals surface area contributed by atoms with Crippen molar-refractivity contribution in [3.63, 3.8) is 0 Å². The van der Waals surface area contributed by atoms with Crippen LogP contribution in [-0.4, -0.2) is 22.0 Å². The summed E-state index contributed by atoms with van der Waals surface area (Å²) in [5.41, 5.74) is 3.09. The summed E-state index contributed by atoms with van der Waals surface area (Å²) in [4.78, 5) is 16.6. The minimum Gasteiger partial charge on any atom is -0.459 e. The summed E-state index contributed by atoms with van der Waals surface area (Å²) in [5.74, 6) is -0.327. The number of aromatic nitrogens is 1. The highest BCUT2D eigenvalue weighted by Crippen LogP contribution is 2.14. The standard InChI is InChI=1S/C17H18N2O2S/c1-11(2)21-17(20)13-6-8-14(9-7-13)19-16(22)15-5-4-10-18-12(15)3/h4-11H,1-3H3,(H,19,22). The first-order valence-corrected chi connectivity index (χ1v) is 7.42. The topological polar surface area (TPSA) is 51.2 Å². The number of pyridine rings is 1. The van der Waals surface area contributed by atoms with Crippen molar-refractivity contribution in [1.82, 2.24) is 4.98 Å². The van der Waals surface area contributed by atoms with E-state index in [9.17, 15) is 4.79 Å². The van der Waals surface area contributed by atoms with Crippen LogP contribution >= 0.6 is 12.2 Å². The minimum atomic E-state index is -0.327. The Morgan fingerprint density at radius 3 is 2.50 bits per heavy atom. The second-order valence-corrected chi connectivity index (χ2v) is 5.53. The molecule has 5 heteroatoms. The zero-order valence-electron chi connectivity index (χ0n) is 12.8. The van der Waals surface area contributed by atoms with Gasteiger partial charge in [-0.1, -0.05) is 12.2 Å². The second kappa shape index (κ2) is 7.13. The van der Waals surface area contributed by atoms with Gasteiger partial charge < -0.3 is 10.1 Å². The number of esters is 1. The number of ether oxygens (including phenoxy) is 1. The molecule has 1 N–H and O–H groups in total. The summed E-state index contributed by atoms with van der Waals surface area (Å²) in [5, 5.41) is 3.15. The third kappa shape index (κ3) is 4.11. The second-order valence-electron chi connectivity index (χ2n) is 5.12. The first-order valence-electron chi connectivity index (χ1n) is 7.01. The van der Waals surface area contributed by atoms with Crippen LogP contribution in [0.2, 0.25) is 0 Å². The molecule has 0 radical (unpaired) electrons. The van der Waals surface area contributed by atoms with Crippen LogP contribution in [0.3, 0.4) is 0 Å². The molecule has 1 aromatic carbocycles. The van der Waals surface area contributed by atoms with E-state index < -0.39 is 0 Å². The smallest absolute Gasteiger partial charge is 0.338 e. The minimum absolute atomic E-state index is 0.133. The van der Waals surface area contributed by atoms with Crippen LogP contribution in [0.15, 0.2) is 42.6 Å². The van der Waals surface area contributed by atoms with E-state index in [-0.39, 0.29) is 12.1 Å². The molecule has 0 bridgehead atoms. The Bertz CT molecular complexity index is 681. The van der Waals surface area contributed by atoms with E-state index in [1.165, 1.54) is 0 Å². The third-order valence-corrected chi connectivity index (χ3v) is 3.29. The first kappa shape index (κ1) is 16.1. The molecule has 0 aliphatic carbocycles. The van der Waals surface area contributed by atoms with Crippen LogP contribution in [0, 0.1) is 6.92 Å². The van der Waals surface area contributed by atoms with Gasteiger partial charge in [0.05, 0.1) is 11.7 Å². The van der Waals surface area contributed by atoms with Crippen molar-refractivity contribution in [3.8, 4) is 0 Å². The van der Waals surface area contributed by atoms with E-state index >= 15 is 0 Å². The predicted octanol–water partition coefficient (Wildman–Crippen LogP) is 3.74. The molecule has 22 heavy (non-hydrogen) atoms. The zero-order chi connectivity index (χ0) is 16.1. The Labute approximate surface area is 135 Å². The van der Waals surface area contributed by atoms with Gasteiger partial charge in [-0.2, -0.15) is 0 Å². The monoisotopic (exact) mass is 314 g/mol. The van der Waals surface area contributed by atoms with Crippen molar-refractivity contribution >= 4 is 28.9 Å². The molecule has 0 saturated heterocycles. The van der Waals surface area contributed by atoms with Gasteiger partial charge in [0.2, 0.25) is 0 Å². The molecule has 0 aliphatic rings. The van der Waals surface area contributed by atoms with E-state index in [1.54, 1.807) is 30.5 Å². The lowest BCUT2D eigenvalue weighted by molar-refractivity contribution is 0.0378. The SMILES string of the molecule is Cc1ncccc1C(=S)Nc1ccc(C(=O)OC(C)C)cc1. The number of hydrogen-bond acceptors (Lipinski definition) is 4. The van der Waals surface area contributed by atoms with Crippen LogP contribution in [0.4, 0.5) is 5.69 Å². The molecule has 0 atom stereocenters. The average molecular weight is 314 g/mol. The van der Waals surface area contributed by atoms with Gasteiger partial charge in [-0.3, -0.25) is 4.98 Å². The molecule has 2 aromatic rings. The quantitative estimate of drug-likeness (QED) is 0.688. The highest BCUT2D eigenvalue weighted by Gasteiger charge is 2.10. The van der Waals surface area contributed by atoms with Crippen LogP contribution in [0.5, 0.6) is 0 Å². The van der Waals surface area contributed by atoms with Gasteiger partial charge in [-0.15, -0.1) is 0 Å². The molecule has 0 amide bonds. The average Bonchev–Trinajstić information content (AvgIpc) is 2.47. The fraction of sp³-hybridized carbons (Fsp3) is 0.235. The third-order valence-electron chi connectivity index (χ3n) is 2.97. The summed E-state index contributed by atoms with van der Waals surface area (Å²) in [6.07, 6.45) is 1.60. The number of nitrogens with zero attached hydrogens (tertiary/aromatic N) is 1. The number of carbonyl (C=O) groups excluding carboxylic acids is 1. The molecule has 114 valence electrons. The number of carbonyl (C=O) groups is 1. The largest absolute Gasteiger partial charge is 0.459 e. The van der Waals surface area contributed by atoms with Crippen molar-refractivity contribution < 1.29 is 9.53 Å². The zero-order valence-corrected chi connectivity index (χ0v) is 13.6. The van der Waals surface area contributed by atoms with Gasteiger partial charge in [0, 0.05) is 23.1 Å². The van der Waals surface area contributed by atoms with Crippen molar-refractivity contribution in [1.29, 1.82) is 0 Å². The number of hydrogen-bond donors (Lipinski definition) is 1. The van der Waals surface area contributed by atoms with Crippen LogP contribution in [-0.2, 0) is 4.74 Å². The van der Waals surface area contributed by atoms with Gasteiger partial charge in [-0.25, -0.2) is 4.79 Å². The predicted molar refractivity (Wildman–Crippen MR) is 91.3 cm³/mol. The fourth-order valence-corrected chi connectivity index (χ4v) is 2.23. The van der Waals surface area contributed by atoms with Gasteiger partial charge >= 0.3 is 5.97 Å². The van der Waals surface area contributed by atoms with Crippen LogP contribution < -0.4 is 5.32 Å². The molecule has 2 rings (SSSR count). The lowest BCUT2D eigenvalue weighted by Gasteiger charge is -2.11. The number of rotatable bonds is 4. The molecule has 0 spiro atoms. The summed E-state index contributed by atoms with van der Waals surface area (Å²) >= 11 is 5.39. The Morgan fingerprint density at radius 2 is 1.91 bits per heavy atom. The number of benzene rings is 1. The molecular formula is C17H18N2O2S. The highest BCUT2D eigenvalue weighted by molar-refractivity contribution is 7.81. The van der Waals surface area contributed by atoms with Crippen molar-refractivity contribution in [2.75, 3.05) is 5.32 Å². The Kier molecular flexibility index (Phi) is 5.22. The van der Waals surface area contributed by atoms with Gasteiger partial charge in [0.25, 0.3) is 0 Å². The molecule has 4 nitrogen and oxygen atoms in total. The van der Waals surface area contributed by atoms with Crippen molar-refractivity contribution in [2.45, 2.75) is 26.9 Å². The lowest BCUT2D eigenvalue weighted by Crippen LogP contribution is -2.13. The first-order chi connectivity index (χ1) is 10.5. The molecular weight excluding hydrogens is 296 g/mol. The Morgan fingerprint density at radius 1 is 1.23 bits per heavy atom. The number of nitrogens with one attached hydrogen (secondary N) is 1.